The number of nitrogens with one attached hydrogen (secondary N) is 1. The van der Waals surface area contributed by atoms with E-state index in [9.17, 15) is 4.79 Å². The van der Waals surface area contributed by atoms with E-state index in [0.717, 1.165) is 16.7 Å². The van der Waals surface area contributed by atoms with Gasteiger partial charge in [0.1, 0.15) is 0 Å². The first kappa shape index (κ1) is 14.3. The topological polar surface area (TPSA) is 55.1 Å². The number of carbonyl (C=O) groups excluding carboxylic acids is 1. The van der Waals surface area contributed by atoms with Crippen molar-refractivity contribution in [2.75, 3.05) is 6.54 Å². The third-order valence-electron chi connectivity index (χ3n) is 3.38. The fraction of sp³-hybridized carbons (Fsp3) is 0.235. The highest BCUT2D eigenvalue weighted by Gasteiger charge is 2.15. The van der Waals surface area contributed by atoms with Gasteiger partial charge < -0.3 is 11.1 Å². The van der Waals surface area contributed by atoms with Crippen LogP contribution in [0.3, 0.4) is 0 Å². The van der Waals surface area contributed by atoms with E-state index in [0.29, 0.717) is 12.1 Å². The summed E-state index contributed by atoms with van der Waals surface area (Å²) in [6.07, 6.45) is 0. The Balaban J connectivity index is 2.20. The highest BCUT2D eigenvalue weighted by atomic mass is 16.1. The largest absolute Gasteiger partial charge is 0.344 e. The molecule has 1 unspecified atom stereocenters. The Bertz CT molecular complexity index is 593. The second kappa shape index (κ2) is 6.35. The lowest BCUT2D eigenvalue weighted by molar-refractivity contribution is 0.0937. The molecular formula is C17H20N2O. The first-order valence-electron chi connectivity index (χ1n) is 6.75. The van der Waals surface area contributed by atoms with E-state index < -0.39 is 0 Å². The predicted octanol–water partition coefficient (Wildman–Crippen LogP) is 2.73. The van der Waals surface area contributed by atoms with Crippen LogP contribution in [0.25, 0.3) is 0 Å². The van der Waals surface area contributed by atoms with Gasteiger partial charge in [0.25, 0.3) is 5.91 Å². The molecule has 0 aromatic heterocycles. The van der Waals surface area contributed by atoms with Crippen molar-refractivity contribution in [1.82, 2.24) is 5.32 Å². The zero-order valence-corrected chi connectivity index (χ0v) is 11.9. The minimum atomic E-state index is -0.163. The van der Waals surface area contributed by atoms with Crippen molar-refractivity contribution in [1.29, 1.82) is 0 Å². The van der Waals surface area contributed by atoms with E-state index in [1.54, 1.807) is 0 Å². The van der Waals surface area contributed by atoms with Crippen molar-refractivity contribution in [2.24, 2.45) is 5.73 Å². The van der Waals surface area contributed by atoms with Gasteiger partial charge in [0.2, 0.25) is 0 Å². The molecule has 1 atom stereocenters. The van der Waals surface area contributed by atoms with Gasteiger partial charge in [0.05, 0.1) is 6.04 Å². The summed E-state index contributed by atoms with van der Waals surface area (Å²) in [4.78, 5) is 12.4. The lowest BCUT2D eigenvalue weighted by Crippen LogP contribution is -2.33. The molecule has 2 aromatic rings. The van der Waals surface area contributed by atoms with Crippen LogP contribution < -0.4 is 11.1 Å². The number of aryl methyl sites for hydroxylation is 2. The maximum atomic E-state index is 12.4. The fourth-order valence-corrected chi connectivity index (χ4v) is 2.18. The number of rotatable bonds is 4. The molecule has 0 heterocycles. The van der Waals surface area contributed by atoms with Crippen LogP contribution in [0.5, 0.6) is 0 Å². The quantitative estimate of drug-likeness (QED) is 0.895. The molecule has 3 nitrogen and oxygen atoms in total. The zero-order valence-electron chi connectivity index (χ0n) is 11.9. The molecule has 0 radical (unpaired) electrons. The van der Waals surface area contributed by atoms with Gasteiger partial charge in [-0.25, -0.2) is 0 Å². The zero-order chi connectivity index (χ0) is 14.5. The molecule has 3 heteroatoms. The van der Waals surface area contributed by atoms with Crippen molar-refractivity contribution in [2.45, 2.75) is 19.9 Å². The standard InChI is InChI=1S/C17H20N2O/c1-12-8-9-13(2)15(10-12)17(20)19-16(11-18)14-6-4-3-5-7-14/h3-10,16H,11,18H2,1-2H3,(H,19,20). The molecule has 20 heavy (non-hydrogen) atoms. The SMILES string of the molecule is Cc1ccc(C)c(C(=O)NC(CN)c2ccccc2)c1. The van der Waals surface area contributed by atoms with Gasteiger partial charge in [-0.05, 0) is 31.0 Å². The van der Waals surface area contributed by atoms with Gasteiger partial charge in [-0.2, -0.15) is 0 Å². The monoisotopic (exact) mass is 268 g/mol. The molecule has 2 aromatic carbocycles. The maximum Gasteiger partial charge on any atom is 0.252 e. The van der Waals surface area contributed by atoms with Crippen molar-refractivity contribution < 1.29 is 4.79 Å². The molecule has 0 aliphatic carbocycles. The normalized spacial score (nSPS) is 11.9. The van der Waals surface area contributed by atoms with E-state index in [4.69, 9.17) is 5.73 Å². The first-order valence-corrected chi connectivity index (χ1v) is 6.75. The molecule has 1 amide bonds. The van der Waals surface area contributed by atoms with Crippen molar-refractivity contribution in [3.05, 3.63) is 70.8 Å². The fourth-order valence-electron chi connectivity index (χ4n) is 2.18. The molecule has 3 N–H and O–H groups in total. The van der Waals surface area contributed by atoms with Gasteiger partial charge in [-0.1, -0.05) is 48.0 Å². The van der Waals surface area contributed by atoms with E-state index >= 15 is 0 Å². The molecular weight excluding hydrogens is 248 g/mol. The first-order chi connectivity index (χ1) is 9.61. The number of amides is 1. The number of hydrogen-bond acceptors (Lipinski definition) is 2. The summed E-state index contributed by atoms with van der Waals surface area (Å²) in [6, 6.07) is 15.5. The summed E-state index contributed by atoms with van der Waals surface area (Å²) in [5, 5.41) is 3.00. The molecule has 104 valence electrons. The third-order valence-corrected chi connectivity index (χ3v) is 3.38. The molecule has 2 rings (SSSR count). The Hall–Kier alpha value is -2.13. The van der Waals surface area contributed by atoms with Crippen LogP contribution in [0.4, 0.5) is 0 Å². The minimum Gasteiger partial charge on any atom is -0.344 e. The van der Waals surface area contributed by atoms with Gasteiger partial charge >= 0.3 is 0 Å². The molecule has 0 bridgehead atoms. The molecule has 0 aliphatic heterocycles. The second-order valence-corrected chi connectivity index (χ2v) is 4.99. The Labute approximate surface area is 119 Å². The van der Waals surface area contributed by atoms with E-state index in [1.807, 2.05) is 62.4 Å². The van der Waals surface area contributed by atoms with Gasteiger partial charge in [-0.15, -0.1) is 0 Å². The summed E-state index contributed by atoms with van der Waals surface area (Å²) >= 11 is 0. The number of nitrogens with two attached hydrogens (primary N) is 1. The van der Waals surface area contributed by atoms with Crippen LogP contribution in [0.2, 0.25) is 0 Å². The van der Waals surface area contributed by atoms with Crippen LogP contribution in [0.15, 0.2) is 48.5 Å². The molecule has 0 aliphatic rings. The summed E-state index contributed by atoms with van der Waals surface area (Å²) in [5.41, 5.74) is 9.56. The lowest BCUT2D eigenvalue weighted by Gasteiger charge is -2.18. The summed E-state index contributed by atoms with van der Waals surface area (Å²) < 4.78 is 0. The number of benzene rings is 2. The Kier molecular flexibility index (Phi) is 4.53. The predicted molar refractivity (Wildman–Crippen MR) is 81.6 cm³/mol. The van der Waals surface area contributed by atoms with Crippen molar-refractivity contribution in [3.63, 3.8) is 0 Å². The average molecular weight is 268 g/mol. The Morgan fingerprint density at radius 1 is 1.15 bits per heavy atom. The third kappa shape index (κ3) is 3.25. The Morgan fingerprint density at radius 2 is 1.85 bits per heavy atom. The molecule has 0 saturated carbocycles. The highest BCUT2D eigenvalue weighted by molar-refractivity contribution is 5.96. The van der Waals surface area contributed by atoms with Gasteiger partial charge in [-0.3, -0.25) is 4.79 Å². The molecule has 0 saturated heterocycles. The molecule has 0 fully saturated rings. The van der Waals surface area contributed by atoms with E-state index in [2.05, 4.69) is 5.32 Å². The number of carbonyl (C=O) groups is 1. The van der Waals surface area contributed by atoms with Crippen LogP contribution >= 0.6 is 0 Å². The lowest BCUT2D eigenvalue weighted by atomic mass is 10.0. The summed E-state index contributed by atoms with van der Waals surface area (Å²) in [6.45, 7) is 4.29. The van der Waals surface area contributed by atoms with Gasteiger partial charge in [0.15, 0.2) is 0 Å². The van der Waals surface area contributed by atoms with Crippen molar-refractivity contribution in [3.8, 4) is 0 Å². The highest BCUT2D eigenvalue weighted by Crippen LogP contribution is 2.15. The van der Waals surface area contributed by atoms with Crippen LogP contribution in [0.1, 0.15) is 33.1 Å². The van der Waals surface area contributed by atoms with E-state index in [-0.39, 0.29) is 11.9 Å². The molecule has 0 spiro atoms. The van der Waals surface area contributed by atoms with E-state index in [1.165, 1.54) is 0 Å². The van der Waals surface area contributed by atoms with Crippen LogP contribution in [0, 0.1) is 13.8 Å². The van der Waals surface area contributed by atoms with Crippen LogP contribution in [-0.2, 0) is 0 Å². The maximum absolute atomic E-state index is 12.4. The number of hydrogen-bond donors (Lipinski definition) is 2. The van der Waals surface area contributed by atoms with Crippen molar-refractivity contribution >= 4 is 5.91 Å². The smallest absolute Gasteiger partial charge is 0.252 e. The average Bonchev–Trinajstić information content (AvgIpc) is 2.48. The van der Waals surface area contributed by atoms with Gasteiger partial charge in [0, 0.05) is 12.1 Å². The summed E-state index contributed by atoms with van der Waals surface area (Å²) in [5.74, 6) is -0.0782. The second-order valence-electron chi connectivity index (χ2n) is 4.99. The van der Waals surface area contributed by atoms with Crippen LogP contribution in [-0.4, -0.2) is 12.5 Å². The Morgan fingerprint density at radius 3 is 2.50 bits per heavy atom. The summed E-state index contributed by atoms with van der Waals surface area (Å²) in [7, 11) is 0. The minimum absolute atomic E-state index is 0.0782.